The van der Waals surface area contributed by atoms with Gasteiger partial charge in [0.15, 0.2) is 0 Å². The van der Waals surface area contributed by atoms with Gasteiger partial charge in [0.25, 0.3) is 0 Å². The molecule has 0 aromatic rings. The molecule has 0 saturated carbocycles. The fourth-order valence-corrected chi connectivity index (χ4v) is 3.98. The van der Waals surface area contributed by atoms with Crippen LogP contribution in [-0.4, -0.2) is 25.2 Å². The average molecular weight is 266 g/mol. The minimum absolute atomic E-state index is 0.810. The number of rotatable bonds is 6. The molecule has 0 aromatic carbocycles. The van der Waals surface area contributed by atoms with Crippen LogP contribution in [0.5, 0.6) is 0 Å². The van der Waals surface area contributed by atoms with Crippen molar-refractivity contribution in [1.29, 1.82) is 0 Å². The van der Waals surface area contributed by atoms with Gasteiger partial charge in [-0.1, -0.05) is 33.1 Å². The van der Waals surface area contributed by atoms with Crippen molar-refractivity contribution in [3.8, 4) is 0 Å². The highest BCUT2D eigenvalue weighted by molar-refractivity contribution is 4.81. The minimum Gasteiger partial charge on any atom is -0.314 e. The van der Waals surface area contributed by atoms with E-state index in [1.807, 2.05) is 0 Å². The molecule has 2 nitrogen and oxygen atoms in total. The standard InChI is InChI=1S/C17H34N2/c1-3-14-8-10-18-16(12-14)6-5-7-17-13-15(4-2)9-11-19-17/h14-19H,3-13H2,1-2H3. The fraction of sp³-hybridized carbons (Fsp3) is 1.00. The van der Waals surface area contributed by atoms with E-state index in [0.29, 0.717) is 0 Å². The molecule has 2 saturated heterocycles. The molecule has 2 rings (SSSR count). The predicted octanol–water partition coefficient (Wildman–Crippen LogP) is 3.71. The zero-order valence-electron chi connectivity index (χ0n) is 13.1. The molecular weight excluding hydrogens is 232 g/mol. The van der Waals surface area contributed by atoms with Crippen molar-refractivity contribution in [3.63, 3.8) is 0 Å². The Bertz CT molecular complexity index is 217. The Labute approximate surface area is 120 Å². The van der Waals surface area contributed by atoms with Crippen molar-refractivity contribution in [2.45, 2.75) is 83.7 Å². The number of hydrogen-bond acceptors (Lipinski definition) is 2. The first-order valence-corrected chi connectivity index (χ1v) is 8.78. The van der Waals surface area contributed by atoms with Crippen LogP contribution in [0.15, 0.2) is 0 Å². The quantitative estimate of drug-likeness (QED) is 0.766. The van der Waals surface area contributed by atoms with E-state index in [-0.39, 0.29) is 0 Å². The second-order valence-electron chi connectivity index (χ2n) is 6.83. The summed E-state index contributed by atoms with van der Waals surface area (Å²) in [6, 6.07) is 1.62. The summed E-state index contributed by atoms with van der Waals surface area (Å²) in [5, 5.41) is 7.44. The van der Waals surface area contributed by atoms with Crippen LogP contribution >= 0.6 is 0 Å². The van der Waals surface area contributed by atoms with Gasteiger partial charge in [0.2, 0.25) is 0 Å². The van der Waals surface area contributed by atoms with Crippen molar-refractivity contribution in [2.75, 3.05) is 13.1 Å². The maximum Gasteiger partial charge on any atom is 0.00697 e. The van der Waals surface area contributed by atoms with Crippen molar-refractivity contribution in [3.05, 3.63) is 0 Å². The van der Waals surface area contributed by atoms with Crippen LogP contribution in [0.3, 0.4) is 0 Å². The third kappa shape index (κ3) is 5.07. The highest BCUT2D eigenvalue weighted by Crippen LogP contribution is 2.25. The zero-order chi connectivity index (χ0) is 13.5. The molecule has 2 aliphatic heterocycles. The summed E-state index contributed by atoms with van der Waals surface area (Å²) in [7, 11) is 0. The molecule has 2 N–H and O–H groups in total. The molecule has 0 aliphatic carbocycles. The lowest BCUT2D eigenvalue weighted by Crippen LogP contribution is -2.39. The lowest BCUT2D eigenvalue weighted by atomic mass is 9.86. The first-order chi connectivity index (χ1) is 9.31. The van der Waals surface area contributed by atoms with E-state index in [9.17, 15) is 0 Å². The molecule has 4 unspecified atom stereocenters. The second kappa shape index (κ2) is 8.26. The number of nitrogens with one attached hydrogen (secondary N) is 2. The van der Waals surface area contributed by atoms with Crippen LogP contribution in [0.4, 0.5) is 0 Å². The molecule has 112 valence electrons. The molecule has 2 heterocycles. The third-order valence-corrected chi connectivity index (χ3v) is 5.47. The van der Waals surface area contributed by atoms with Gasteiger partial charge in [0, 0.05) is 12.1 Å². The van der Waals surface area contributed by atoms with Gasteiger partial charge >= 0.3 is 0 Å². The molecule has 2 fully saturated rings. The number of piperidine rings is 2. The third-order valence-electron chi connectivity index (χ3n) is 5.47. The van der Waals surface area contributed by atoms with E-state index >= 15 is 0 Å². The smallest absolute Gasteiger partial charge is 0.00697 e. The van der Waals surface area contributed by atoms with Crippen LogP contribution < -0.4 is 10.6 Å². The molecule has 2 aliphatic rings. The van der Waals surface area contributed by atoms with Gasteiger partial charge in [-0.05, 0) is 63.5 Å². The van der Waals surface area contributed by atoms with Crippen LogP contribution in [0.2, 0.25) is 0 Å². The summed E-state index contributed by atoms with van der Waals surface area (Å²) in [4.78, 5) is 0. The summed E-state index contributed by atoms with van der Waals surface area (Å²) >= 11 is 0. The van der Waals surface area contributed by atoms with E-state index in [1.54, 1.807) is 0 Å². The van der Waals surface area contributed by atoms with Crippen LogP contribution in [-0.2, 0) is 0 Å². The van der Waals surface area contributed by atoms with E-state index in [4.69, 9.17) is 0 Å². The number of hydrogen-bond donors (Lipinski definition) is 2. The summed E-state index contributed by atoms with van der Waals surface area (Å²) in [6.07, 6.45) is 12.6. The Kier molecular flexibility index (Phi) is 6.66. The molecule has 19 heavy (non-hydrogen) atoms. The molecule has 4 atom stereocenters. The van der Waals surface area contributed by atoms with Gasteiger partial charge in [-0.3, -0.25) is 0 Å². The fourth-order valence-electron chi connectivity index (χ4n) is 3.98. The Morgan fingerprint density at radius 2 is 1.26 bits per heavy atom. The first-order valence-electron chi connectivity index (χ1n) is 8.78. The lowest BCUT2D eigenvalue weighted by molar-refractivity contribution is 0.258. The second-order valence-corrected chi connectivity index (χ2v) is 6.83. The summed E-state index contributed by atoms with van der Waals surface area (Å²) in [6.45, 7) is 7.21. The van der Waals surface area contributed by atoms with E-state index in [2.05, 4.69) is 24.5 Å². The highest BCUT2D eigenvalue weighted by Gasteiger charge is 2.22. The molecule has 0 bridgehead atoms. The van der Waals surface area contributed by atoms with Gasteiger partial charge in [0.05, 0.1) is 0 Å². The van der Waals surface area contributed by atoms with Gasteiger partial charge < -0.3 is 10.6 Å². The topological polar surface area (TPSA) is 24.1 Å². The van der Waals surface area contributed by atoms with E-state index in [1.165, 1.54) is 70.9 Å². The molecule has 0 aromatic heterocycles. The monoisotopic (exact) mass is 266 g/mol. The summed E-state index contributed by atoms with van der Waals surface area (Å²) < 4.78 is 0. The predicted molar refractivity (Wildman–Crippen MR) is 83.5 cm³/mol. The van der Waals surface area contributed by atoms with Gasteiger partial charge in [-0.25, -0.2) is 0 Å². The van der Waals surface area contributed by atoms with Crippen LogP contribution in [0, 0.1) is 11.8 Å². The van der Waals surface area contributed by atoms with Gasteiger partial charge in [0.1, 0.15) is 0 Å². The van der Waals surface area contributed by atoms with Gasteiger partial charge in [-0.15, -0.1) is 0 Å². The molecule has 0 amide bonds. The van der Waals surface area contributed by atoms with Crippen LogP contribution in [0.1, 0.15) is 71.6 Å². The summed E-state index contributed by atoms with van der Waals surface area (Å²) in [5.41, 5.74) is 0. The van der Waals surface area contributed by atoms with Crippen molar-refractivity contribution >= 4 is 0 Å². The Hall–Kier alpha value is -0.0800. The maximum absolute atomic E-state index is 3.72. The maximum atomic E-state index is 3.72. The Morgan fingerprint density at radius 3 is 1.68 bits per heavy atom. The Balaban J connectivity index is 1.60. The molecule has 0 radical (unpaired) electrons. The first kappa shape index (κ1) is 15.3. The average Bonchev–Trinajstić information content (AvgIpc) is 2.48. The molecule has 2 heteroatoms. The van der Waals surface area contributed by atoms with Gasteiger partial charge in [-0.2, -0.15) is 0 Å². The molecular formula is C17H34N2. The van der Waals surface area contributed by atoms with Crippen molar-refractivity contribution < 1.29 is 0 Å². The summed E-state index contributed by atoms with van der Waals surface area (Å²) in [5.74, 6) is 1.98. The Morgan fingerprint density at radius 1 is 0.789 bits per heavy atom. The van der Waals surface area contributed by atoms with E-state index < -0.39 is 0 Å². The van der Waals surface area contributed by atoms with Crippen LogP contribution in [0.25, 0.3) is 0 Å². The highest BCUT2D eigenvalue weighted by atomic mass is 14.9. The minimum atomic E-state index is 0.810. The SMILES string of the molecule is CCC1CCNC(CCCC2CC(CC)CCN2)C1. The van der Waals surface area contributed by atoms with Crippen molar-refractivity contribution in [1.82, 2.24) is 10.6 Å². The van der Waals surface area contributed by atoms with E-state index in [0.717, 1.165) is 23.9 Å². The normalized spacial score (nSPS) is 36.3. The zero-order valence-corrected chi connectivity index (χ0v) is 13.1. The lowest BCUT2D eigenvalue weighted by Gasteiger charge is -2.32. The molecule has 0 spiro atoms. The largest absolute Gasteiger partial charge is 0.314 e. The van der Waals surface area contributed by atoms with Crippen molar-refractivity contribution in [2.24, 2.45) is 11.8 Å².